The molecule has 0 radical (unpaired) electrons. The molecule has 0 spiro atoms. The van der Waals surface area contributed by atoms with Crippen LogP contribution < -0.4 is 18.9 Å². The monoisotopic (exact) mass is 573 g/mol. The third-order valence-corrected chi connectivity index (χ3v) is 7.86. The normalized spacial score (nSPS) is 11.4. The van der Waals surface area contributed by atoms with Crippen LogP contribution in [-0.4, -0.2) is 51.3 Å². The summed E-state index contributed by atoms with van der Waals surface area (Å²) in [6.07, 6.45) is 0. The molecule has 0 saturated heterocycles. The summed E-state index contributed by atoms with van der Waals surface area (Å²) < 4.78 is 55.8. The molecular formula is C27H28ClN3O7S. The molecule has 0 unspecified atom stereocenters. The number of hydrogen-bond acceptors (Lipinski definition) is 9. The van der Waals surface area contributed by atoms with Crippen LogP contribution in [0.15, 0.2) is 65.2 Å². The Hall–Kier alpha value is -3.80. The second kappa shape index (κ2) is 12.4. The number of sulfonamides is 1. The number of hydrogen-bond donors (Lipinski definition) is 0. The zero-order chi connectivity index (χ0) is 28.0. The number of nitrogens with zero attached hydrogens (tertiary/aromatic N) is 3. The van der Waals surface area contributed by atoms with E-state index in [4.69, 9.17) is 35.1 Å². The molecule has 39 heavy (non-hydrogen) atoms. The minimum absolute atomic E-state index is 0.00284. The summed E-state index contributed by atoms with van der Waals surface area (Å²) >= 11 is 5.96. The molecule has 0 amide bonds. The molecule has 12 heteroatoms. The molecule has 1 aromatic heterocycles. The summed E-state index contributed by atoms with van der Waals surface area (Å²) in [5, 5.41) is 4.50. The molecule has 0 aliphatic heterocycles. The van der Waals surface area contributed by atoms with Crippen LogP contribution in [0.4, 0.5) is 0 Å². The molecule has 10 nitrogen and oxygen atoms in total. The Morgan fingerprint density at radius 2 is 1.33 bits per heavy atom. The SMILES string of the molecule is COc1ccc(CN(Cc2ccc(OC)cc2OC)S(=O)(=O)Cc2nc(-c3ccc(Cl)cc3)no2)c(OC)c1. The Morgan fingerprint density at radius 1 is 0.795 bits per heavy atom. The van der Waals surface area contributed by atoms with Gasteiger partial charge in [-0.25, -0.2) is 8.42 Å². The van der Waals surface area contributed by atoms with Gasteiger partial charge in [-0.3, -0.25) is 0 Å². The zero-order valence-electron chi connectivity index (χ0n) is 21.9. The molecule has 0 saturated carbocycles. The third kappa shape index (κ3) is 6.80. The van der Waals surface area contributed by atoms with Crippen LogP contribution in [-0.2, 0) is 28.9 Å². The van der Waals surface area contributed by atoms with E-state index >= 15 is 0 Å². The number of ether oxygens (including phenoxy) is 4. The lowest BCUT2D eigenvalue weighted by Crippen LogP contribution is -2.31. The lowest BCUT2D eigenvalue weighted by Gasteiger charge is -2.24. The van der Waals surface area contributed by atoms with Crippen LogP contribution >= 0.6 is 11.6 Å². The third-order valence-electron chi connectivity index (χ3n) is 5.95. The average molecular weight is 574 g/mol. The Bertz CT molecular complexity index is 1470. The maximum atomic E-state index is 13.8. The quantitative estimate of drug-likeness (QED) is 0.232. The van der Waals surface area contributed by atoms with Gasteiger partial charge in [0.25, 0.3) is 0 Å². The molecule has 0 aliphatic carbocycles. The first kappa shape index (κ1) is 28.2. The topological polar surface area (TPSA) is 113 Å². The summed E-state index contributed by atoms with van der Waals surface area (Å²) in [7, 11) is 2.13. The highest BCUT2D eigenvalue weighted by molar-refractivity contribution is 7.88. The van der Waals surface area contributed by atoms with Gasteiger partial charge in [-0.1, -0.05) is 28.9 Å². The Labute approximate surface area is 232 Å². The van der Waals surface area contributed by atoms with Crippen molar-refractivity contribution in [2.45, 2.75) is 18.8 Å². The summed E-state index contributed by atoms with van der Waals surface area (Å²) in [5.74, 6) is 1.85. The lowest BCUT2D eigenvalue weighted by atomic mass is 10.1. The first-order valence-electron chi connectivity index (χ1n) is 11.7. The molecule has 206 valence electrons. The van der Waals surface area contributed by atoms with Crippen molar-refractivity contribution in [3.8, 4) is 34.4 Å². The second-order valence-electron chi connectivity index (χ2n) is 8.40. The fourth-order valence-electron chi connectivity index (χ4n) is 3.87. The smallest absolute Gasteiger partial charge is 0.243 e. The van der Waals surface area contributed by atoms with E-state index in [0.717, 1.165) is 0 Å². The Balaban J connectivity index is 1.67. The molecule has 0 atom stereocenters. The second-order valence-corrected chi connectivity index (χ2v) is 10.8. The number of methoxy groups -OCH3 is 4. The van der Waals surface area contributed by atoms with Crippen LogP contribution in [0.2, 0.25) is 5.02 Å². The average Bonchev–Trinajstić information content (AvgIpc) is 3.40. The van der Waals surface area contributed by atoms with Gasteiger partial charge in [-0.15, -0.1) is 0 Å². The van der Waals surface area contributed by atoms with E-state index in [9.17, 15) is 8.42 Å². The highest BCUT2D eigenvalue weighted by Crippen LogP contribution is 2.31. The van der Waals surface area contributed by atoms with E-state index in [2.05, 4.69) is 10.1 Å². The molecule has 0 N–H and O–H groups in total. The van der Waals surface area contributed by atoms with Gasteiger partial charge in [0.1, 0.15) is 28.8 Å². The van der Waals surface area contributed by atoms with E-state index < -0.39 is 15.8 Å². The predicted octanol–water partition coefficient (Wildman–Crippen LogP) is 4.96. The van der Waals surface area contributed by atoms with E-state index in [-0.39, 0.29) is 24.8 Å². The predicted molar refractivity (Wildman–Crippen MR) is 146 cm³/mol. The number of benzene rings is 3. The van der Waals surface area contributed by atoms with Crippen LogP contribution in [0.5, 0.6) is 23.0 Å². The van der Waals surface area contributed by atoms with E-state index in [0.29, 0.717) is 44.7 Å². The fourth-order valence-corrected chi connectivity index (χ4v) is 5.28. The van der Waals surface area contributed by atoms with Gasteiger partial charge in [0.2, 0.25) is 21.7 Å². The van der Waals surface area contributed by atoms with Crippen molar-refractivity contribution in [1.82, 2.24) is 14.4 Å². The summed E-state index contributed by atoms with van der Waals surface area (Å²) in [6.45, 7) is 0.00568. The molecule has 0 bridgehead atoms. The van der Waals surface area contributed by atoms with Crippen molar-refractivity contribution in [3.05, 3.63) is 82.7 Å². The molecule has 0 fully saturated rings. The van der Waals surface area contributed by atoms with E-state index in [1.165, 1.54) is 18.5 Å². The number of aromatic nitrogens is 2. The van der Waals surface area contributed by atoms with Crippen molar-refractivity contribution >= 4 is 21.6 Å². The Morgan fingerprint density at radius 3 is 1.82 bits per heavy atom. The maximum absolute atomic E-state index is 13.8. The minimum atomic E-state index is -3.99. The summed E-state index contributed by atoms with van der Waals surface area (Å²) in [4.78, 5) is 4.30. The van der Waals surface area contributed by atoms with Gasteiger partial charge in [-0.2, -0.15) is 9.29 Å². The van der Waals surface area contributed by atoms with Gasteiger partial charge in [0, 0.05) is 46.9 Å². The van der Waals surface area contributed by atoms with Crippen LogP contribution in [0.1, 0.15) is 17.0 Å². The molecular weight excluding hydrogens is 546 g/mol. The molecule has 3 aromatic carbocycles. The van der Waals surface area contributed by atoms with Gasteiger partial charge in [0.15, 0.2) is 0 Å². The van der Waals surface area contributed by atoms with Crippen molar-refractivity contribution in [2.24, 2.45) is 0 Å². The van der Waals surface area contributed by atoms with Crippen LogP contribution in [0, 0.1) is 0 Å². The fraction of sp³-hybridized carbons (Fsp3) is 0.259. The van der Waals surface area contributed by atoms with Crippen LogP contribution in [0.3, 0.4) is 0 Å². The van der Waals surface area contributed by atoms with E-state index in [1.54, 1.807) is 74.9 Å². The first-order chi connectivity index (χ1) is 18.8. The number of rotatable bonds is 12. The largest absolute Gasteiger partial charge is 0.497 e. The molecule has 4 aromatic rings. The van der Waals surface area contributed by atoms with Crippen LogP contribution in [0.25, 0.3) is 11.4 Å². The molecule has 0 aliphatic rings. The van der Waals surface area contributed by atoms with Crippen molar-refractivity contribution < 1.29 is 31.9 Å². The molecule has 1 heterocycles. The zero-order valence-corrected chi connectivity index (χ0v) is 23.5. The minimum Gasteiger partial charge on any atom is -0.497 e. The summed E-state index contributed by atoms with van der Waals surface area (Å²) in [5.41, 5.74) is 1.93. The van der Waals surface area contributed by atoms with E-state index in [1.807, 2.05) is 0 Å². The van der Waals surface area contributed by atoms with Crippen molar-refractivity contribution in [1.29, 1.82) is 0 Å². The van der Waals surface area contributed by atoms with Gasteiger partial charge < -0.3 is 23.5 Å². The highest BCUT2D eigenvalue weighted by atomic mass is 35.5. The first-order valence-corrected chi connectivity index (χ1v) is 13.7. The van der Waals surface area contributed by atoms with Gasteiger partial charge in [0.05, 0.1) is 28.4 Å². The van der Waals surface area contributed by atoms with Gasteiger partial charge in [-0.05, 0) is 36.4 Å². The lowest BCUT2D eigenvalue weighted by molar-refractivity contribution is 0.352. The highest BCUT2D eigenvalue weighted by Gasteiger charge is 2.28. The van der Waals surface area contributed by atoms with Gasteiger partial charge >= 0.3 is 0 Å². The standard InChI is InChI=1S/C27H28ClN3O7S/c1-34-22-11-7-19(24(13-22)36-3)15-31(16-20-8-12-23(35-2)14-25(20)37-4)39(32,33)17-26-29-27(30-38-26)18-5-9-21(28)10-6-18/h5-14H,15-17H2,1-4H3. The molecule has 4 rings (SSSR count). The Kier molecular flexibility index (Phi) is 8.95. The maximum Gasteiger partial charge on any atom is 0.243 e. The number of halogens is 1. The summed E-state index contributed by atoms with van der Waals surface area (Å²) in [6, 6.07) is 17.2. The van der Waals surface area contributed by atoms with Crippen molar-refractivity contribution in [3.63, 3.8) is 0 Å². The van der Waals surface area contributed by atoms with Crippen molar-refractivity contribution in [2.75, 3.05) is 28.4 Å².